The van der Waals surface area contributed by atoms with E-state index in [-0.39, 0.29) is 18.8 Å². The van der Waals surface area contributed by atoms with E-state index in [9.17, 15) is 14.4 Å². The Bertz CT molecular complexity index is 819. The highest BCUT2D eigenvalue weighted by atomic mass is 16.7. The van der Waals surface area contributed by atoms with Crippen molar-refractivity contribution in [2.45, 2.75) is 38.1 Å². The summed E-state index contributed by atoms with van der Waals surface area (Å²) in [7, 11) is 0. The summed E-state index contributed by atoms with van der Waals surface area (Å²) in [6.07, 6.45) is 8.98. The van der Waals surface area contributed by atoms with Gasteiger partial charge in [-0.2, -0.15) is 4.99 Å². The van der Waals surface area contributed by atoms with Crippen molar-refractivity contribution in [2.24, 2.45) is 4.99 Å². The van der Waals surface area contributed by atoms with Crippen LogP contribution in [0, 0.1) is 0 Å². The molecular weight excluding hydrogens is 350 g/mol. The molecule has 4 aliphatic rings. The first-order chi connectivity index (χ1) is 13.1. The van der Waals surface area contributed by atoms with Crippen LogP contribution in [0.15, 0.2) is 40.9 Å². The minimum absolute atomic E-state index is 0.0943. The highest BCUT2D eigenvalue weighted by molar-refractivity contribution is 6.18. The van der Waals surface area contributed by atoms with Crippen molar-refractivity contribution in [3.8, 4) is 0 Å². The normalized spacial score (nSPS) is 26.8. The molecule has 0 aromatic heterocycles. The number of ketones is 1. The lowest BCUT2D eigenvalue weighted by Crippen LogP contribution is -2.54. The number of fused-ring (bicyclic) bond motifs is 2. The van der Waals surface area contributed by atoms with E-state index < -0.39 is 23.4 Å². The average Bonchev–Trinajstić information content (AvgIpc) is 3.11. The molecule has 0 saturated carbocycles. The largest absolute Gasteiger partial charge is 0.514 e. The maximum Gasteiger partial charge on any atom is 0.514 e. The van der Waals surface area contributed by atoms with Crippen molar-refractivity contribution < 1.29 is 23.9 Å². The van der Waals surface area contributed by atoms with E-state index in [1.165, 1.54) is 0 Å². The zero-order valence-corrected chi connectivity index (χ0v) is 15.1. The fourth-order valence-corrected chi connectivity index (χ4v) is 4.10. The first-order valence-electron chi connectivity index (χ1n) is 9.22. The van der Waals surface area contributed by atoms with Crippen LogP contribution in [0.1, 0.15) is 32.6 Å². The van der Waals surface area contributed by atoms with Gasteiger partial charge in [-0.15, -0.1) is 0 Å². The number of carbonyl (C=O) groups is 3. The lowest BCUT2D eigenvalue weighted by atomic mass is 9.91. The van der Waals surface area contributed by atoms with Crippen LogP contribution in [0.4, 0.5) is 4.79 Å². The SMILES string of the molecule is CCOC(=O)OC1=C(N2CCCCC2)C2(CC1=O)C(=O)N=C1C=CC=CN12. The van der Waals surface area contributed by atoms with Crippen LogP contribution >= 0.6 is 0 Å². The van der Waals surface area contributed by atoms with Crippen molar-refractivity contribution in [1.29, 1.82) is 0 Å². The summed E-state index contributed by atoms with van der Waals surface area (Å²) < 4.78 is 10.2. The van der Waals surface area contributed by atoms with Gasteiger partial charge in [0.2, 0.25) is 5.78 Å². The molecule has 1 spiro atoms. The summed E-state index contributed by atoms with van der Waals surface area (Å²) in [5.41, 5.74) is -0.851. The van der Waals surface area contributed by atoms with E-state index in [4.69, 9.17) is 9.47 Å². The van der Waals surface area contributed by atoms with Gasteiger partial charge in [-0.3, -0.25) is 9.59 Å². The van der Waals surface area contributed by atoms with Crippen LogP contribution in [0.25, 0.3) is 0 Å². The third-order valence-corrected chi connectivity index (χ3v) is 5.22. The Morgan fingerprint density at radius 2 is 2.00 bits per heavy atom. The Morgan fingerprint density at radius 1 is 1.22 bits per heavy atom. The molecule has 27 heavy (non-hydrogen) atoms. The standard InChI is InChI=1S/C19H21N3O5/c1-2-26-18(25)27-15-13(23)12-19(16(15)21-9-5-3-6-10-21)17(24)20-14-8-4-7-11-22(14)19/h4,7-8,11H,2-3,5-6,9-10,12H2,1H3. The minimum Gasteiger partial charge on any atom is -0.434 e. The van der Waals surface area contributed by atoms with Crippen molar-refractivity contribution >= 4 is 23.7 Å². The number of likely N-dealkylation sites (tertiary alicyclic amines) is 1. The van der Waals surface area contributed by atoms with Crippen molar-refractivity contribution in [1.82, 2.24) is 9.80 Å². The fourth-order valence-electron chi connectivity index (χ4n) is 4.10. The lowest BCUT2D eigenvalue weighted by Gasteiger charge is -2.41. The molecule has 3 heterocycles. The first kappa shape index (κ1) is 17.5. The summed E-state index contributed by atoms with van der Waals surface area (Å²) in [5, 5.41) is 0. The quantitative estimate of drug-likeness (QED) is 0.700. The Kier molecular flexibility index (Phi) is 4.33. The molecule has 0 aromatic carbocycles. The second-order valence-electron chi connectivity index (χ2n) is 6.82. The fraction of sp³-hybridized carbons (Fsp3) is 0.474. The van der Waals surface area contributed by atoms with Crippen molar-refractivity contribution in [3.05, 3.63) is 35.9 Å². The number of carbonyl (C=O) groups excluding carboxylic acids is 3. The van der Waals surface area contributed by atoms with Gasteiger partial charge >= 0.3 is 6.16 Å². The molecule has 1 saturated heterocycles. The monoisotopic (exact) mass is 371 g/mol. The van der Waals surface area contributed by atoms with Gasteiger partial charge in [-0.25, -0.2) is 4.79 Å². The van der Waals surface area contributed by atoms with E-state index in [0.717, 1.165) is 19.3 Å². The number of amides is 1. The van der Waals surface area contributed by atoms with Crippen molar-refractivity contribution in [2.75, 3.05) is 19.7 Å². The second kappa shape index (κ2) is 6.68. The number of hydrogen-bond acceptors (Lipinski definition) is 7. The number of Topliss-reactive ketones (excluding diaryl/α,β-unsaturated/α-hetero) is 1. The number of aliphatic imine (C=N–C) groups is 1. The maximum absolute atomic E-state index is 13.0. The zero-order chi connectivity index (χ0) is 19.0. The summed E-state index contributed by atoms with van der Waals surface area (Å²) in [4.78, 5) is 45.7. The predicted octanol–water partition coefficient (Wildman–Crippen LogP) is 1.89. The lowest BCUT2D eigenvalue weighted by molar-refractivity contribution is -0.127. The van der Waals surface area contributed by atoms with E-state index in [1.807, 2.05) is 4.90 Å². The average molecular weight is 371 g/mol. The topological polar surface area (TPSA) is 88.5 Å². The number of nitrogens with zero attached hydrogens (tertiary/aromatic N) is 3. The van der Waals surface area contributed by atoms with E-state index >= 15 is 0 Å². The van der Waals surface area contributed by atoms with Crippen LogP contribution in [0.2, 0.25) is 0 Å². The van der Waals surface area contributed by atoms with E-state index in [1.54, 1.807) is 36.3 Å². The Hall–Kier alpha value is -2.90. The number of ether oxygens (including phenoxy) is 2. The third kappa shape index (κ3) is 2.67. The molecule has 8 heteroatoms. The van der Waals surface area contributed by atoms with Gasteiger partial charge in [0.1, 0.15) is 5.84 Å². The molecule has 0 aromatic rings. The molecule has 1 fully saturated rings. The number of piperidine rings is 1. The molecule has 1 atom stereocenters. The second-order valence-corrected chi connectivity index (χ2v) is 6.82. The van der Waals surface area contributed by atoms with Gasteiger partial charge in [-0.1, -0.05) is 6.08 Å². The molecule has 1 amide bonds. The molecule has 1 unspecified atom stereocenters. The molecule has 8 nitrogen and oxygen atoms in total. The summed E-state index contributed by atoms with van der Waals surface area (Å²) in [5.74, 6) is -0.410. The smallest absolute Gasteiger partial charge is 0.434 e. The molecule has 4 rings (SSSR count). The van der Waals surface area contributed by atoms with Gasteiger partial charge in [-0.05, 0) is 38.3 Å². The van der Waals surface area contributed by atoms with Crippen LogP contribution in [0.3, 0.4) is 0 Å². The van der Waals surface area contributed by atoms with E-state index in [2.05, 4.69) is 4.99 Å². The van der Waals surface area contributed by atoms with Crippen LogP contribution in [0.5, 0.6) is 0 Å². The number of amidine groups is 1. The van der Waals surface area contributed by atoms with Gasteiger partial charge in [0, 0.05) is 19.3 Å². The van der Waals surface area contributed by atoms with Crippen LogP contribution in [-0.4, -0.2) is 58.7 Å². The Balaban J connectivity index is 1.81. The Labute approximate surface area is 156 Å². The third-order valence-electron chi connectivity index (χ3n) is 5.22. The molecule has 3 aliphatic heterocycles. The summed E-state index contributed by atoms with van der Waals surface area (Å²) in [6, 6.07) is 0. The number of hydrogen-bond donors (Lipinski definition) is 0. The highest BCUT2D eigenvalue weighted by Crippen LogP contribution is 2.46. The summed E-state index contributed by atoms with van der Waals surface area (Å²) >= 11 is 0. The first-order valence-corrected chi connectivity index (χ1v) is 9.22. The van der Waals surface area contributed by atoms with E-state index in [0.29, 0.717) is 24.6 Å². The molecule has 0 radical (unpaired) electrons. The predicted molar refractivity (Wildman–Crippen MR) is 95.5 cm³/mol. The molecule has 0 N–H and O–H groups in total. The highest BCUT2D eigenvalue weighted by Gasteiger charge is 2.61. The number of allylic oxidation sites excluding steroid dienone is 3. The zero-order valence-electron chi connectivity index (χ0n) is 15.1. The molecule has 0 bridgehead atoms. The summed E-state index contributed by atoms with van der Waals surface area (Å²) in [6.45, 7) is 3.17. The van der Waals surface area contributed by atoms with Gasteiger partial charge in [0.05, 0.1) is 18.7 Å². The molecule has 142 valence electrons. The van der Waals surface area contributed by atoms with Gasteiger partial charge < -0.3 is 19.3 Å². The number of rotatable bonds is 3. The van der Waals surface area contributed by atoms with Crippen LogP contribution < -0.4 is 0 Å². The van der Waals surface area contributed by atoms with Crippen LogP contribution in [-0.2, 0) is 19.1 Å². The van der Waals surface area contributed by atoms with Gasteiger partial charge in [0.15, 0.2) is 11.3 Å². The minimum atomic E-state index is -1.28. The van der Waals surface area contributed by atoms with Crippen molar-refractivity contribution in [3.63, 3.8) is 0 Å². The molecular formula is C19H21N3O5. The van der Waals surface area contributed by atoms with Gasteiger partial charge in [0.25, 0.3) is 5.91 Å². The molecule has 1 aliphatic carbocycles. The maximum atomic E-state index is 13.0. The Morgan fingerprint density at radius 3 is 2.74 bits per heavy atom.